The Morgan fingerprint density at radius 1 is 1.33 bits per heavy atom. The summed E-state index contributed by atoms with van der Waals surface area (Å²) in [4.78, 5) is 22.3. The number of hydrogen-bond acceptors (Lipinski definition) is 3. The van der Waals surface area contributed by atoms with Crippen LogP contribution in [0, 0.1) is 5.92 Å². The van der Waals surface area contributed by atoms with E-state index < -0.39 is 11.7 Å². The van der Waals surface area contributed by atoms with E-state index in [1.54, 1.807) is 20.8 Å². The Balaban J connectivity index is 3.94. The maximum Gasteiger partial charge on any atom is 0.407 e. The molecular formula is C11H21NO3. The Labute approximate surface area is 91.4 Å². The zero-order chi connectivity index (χ0) is 12.1. The van der Waals surface area contributed by atoms with Crippen molar-refractivity contribution in [1.29, 1.82) is 0 Å². The van der Waals surface area contributed by atoms with Gasteiger partial charge in [0.2, 0.25) is 0 Å². The van der Waals surface area contributed by atoms with Crippen molar-refractivity contribution in [3.05, 3.63) is 0 Å². The summed E-state index contributed by atoms with van der Waals surface area (Å²) in [6.45, 7) is 9.20. The van der Waals surface area contributed by atoms with Crippen molar-refractivity contribution >= 4 is 11.9 Å². The van der Waals surface area contributed by atoms with Gasteiger partial charge in [-0.05, 0) is 34.1 Å². The SMILES string of the molecule is CCC(CNC(=O)OC(C)(C)C)C(C)=O. The first-order chi connectivity index (χ1) is 6.76. The van der Waals surface area contributed by atoms with Crippen LogP contribution in [0.4, 0.5) is 4.79 Å². The molecule has 0 aromatic rings. The van der Waals surface area contributed by atoms with Gasteiger partial charge < -0.3 is 10.1 Å². The first-order valence-electron chi connectivity index (χ1n) is 5.23. The van der Waals surface area contributed by atoms with Gasteiger partial charge in [-0.15, -0.1) is 0 Å². The fourth-order valence-corrected chi connectivity index (χ4v) is 1.10. The second-order valence-electron chi connectivity index (χ2n) is 4.60. The highest BCUT2D eigenvalue weighted by Crippen LogP contribution is 2.07. The first-order valence-corrected chi connectivity index (χ1v) is 5.23. The maximum atomic E-state index is 11.3. The Bertz CT molecular complexity index is 230. The molecule has 1 amide bonds. The van der Waals surface area contributed by atoms with Gasteiger partial charge in [0.15, 0.2) is 0 Å². The molecule has 0 aliphatic heterocycles. The fraction of sp³-hybridized carbons (Fsp3) is 0.818. The Morgan fingerprint density at radius 2 is 1.87 bits per heavy atom. The predicted octanol–water partition coefficient (Wildman–Crippen LogP) is 2.13. The minimum atomic E-state index is -0.498. The lowest BCUT2D eigenvalue weighted by molar-refractivity contribution is -0.120. The van der Waals surface area contributed by atoms with Gasteiger partial charge in [-0.3, -0.25) is 4.79 Å². The summed E-state index contributed by atoms with van der Waals surface area (Å²) in [6.07, 6.45) is 0.257. The highest BCUT2D eigenvalue weighted by molar-refractivity contribution is 5.79. The lowest BCUT2D eigenvalue weighted by atomic mass is 10.0. The molecule has 4 nitrogen and oxygen atoms in total. The van der Waals surface area contributed by atoms with Crippen LogP contribution in [0.1, 0.15) is 41.0 Å². The van der Waals surface area contributed by atoms with E-state index in [1.165, 1.54) is 6.92 Å². The zero-order valence-electron chi connectivity index (χ0n) is 10.2. The summed E-state index contributed by atoms with van der Waals surface area (Å²) in [7, 11) is 0. The minimum absolute atomic E-state index is 0.0913. The molecule has 4 heteroatoms. The highest BCUT2D eigenvalue weighted by atomic mass is 16.6. The smallest absolute Gasteiger partial charge is 0.407 e. The van der Waals surface area contributed by atoms with Gasteiger partial charge in [0.1, 0.15) is 11.4 Å². The summed E-state index contributed by atoms with van der Waals surface area (Å²) in [5.74, 6) is -0.0222. The number of ether oxygens (including phenoxy) is 1. The van der Waals surface area contributed by atoms with E-state index in [4.69, 9.17) is 4.74 Å². The third-order valence-electron chi connectivity index (χ3n) is 1.96. The number of alkyl carbamates (subject to hydrolysis) is 1. The third kappa shape index (κ3) is 6.94. The Morgan fingerprint density at radius 3 is 2.20 bits per heavy atom. The largest absolute Gasteiger partial charge is 0.444 e. The van der Waals surface area contributed by atoms with Gasteiger partial charge in [0.05, 0.1) is 0 Å². The Kier molecular flexibility index (Phi) is 5.33. The average molecular weight is 215 g/mol. The van der Waals surface area contributed by atoms with Crippen LogP contribution in [0.3, 0.4) is 0 Å². The third-order valence-corrected chi connectivity index (χ3v) is 1.96. The number of rotatable bonds is 4. The highest BCUT2D eigenvalue weighted by Gasteiger charge is 2.18. The van der Waals surface area contributed by atoms with Crippen LogP contribution in [-0.4, -0.2) is 24.0 Å². The first kappa shape index (κ1) is 13.9. The van der Waals surface area contributed by atoms with Crippen molar-refractivity contribution in [2.45, 2.75) is 46.6 Å². The van der Waals surface area contributed by atoms with Crippen molar-refractivity contribution in [3.63, 3.8) is 0 Å². The molecule has 0 spiro atoms. The van der Waals surface area contributed by atoms with Crippen molar-refractivity contribution in [1.82, 2.24) is 5.32 Å². The molecule has 0 radical (unpaired) electrons. The molecule has 15 heavy (non-hydrogen) atoms. The van der Waals surface area contributed by atoms with Gasteiger partial charge in [-0.25, -0.2) is 4.79 Å². The van der Waals surface area contributed by atoms with Crippen LogP contribution in [0.25, 0.3) is 0 Å². The molecule has 88 valence electrons. The normalized spacial score (nSPS) is 13.1. The number of amides is 1. The fourth-order valence-electron chi connectivity index (χ4n) is 1.10. The molecule has 0 fully saturated rings. The molecule has 0 heterocycles. The van der Waals surface area contributed by atoms with Crippen LogP contribution in [0.15, 0.2) is 0 Å². The molecule has 1 unspecified atom stereocenters. The van der Waals surface area contributed by atoms with E-state index in [2.05, 4.69) is 5.32 Å². The van der Waals surface area contributed by atoms with E-state index in [1.807, 2.05) is 6.92 Å². The quantitative estimate of drug-likeness (QED) is 0.781. The lowest BCUT2D eigenvalue weighted by Crippen LogP contribution is -2.36. The number of nitrogens with one attached hydrogen (secondary N) is 1. The predicted molar refractivity (Wildman–Crippen MR) is 58.7 cm³/mol. The van der Waals surface area contributed by atoms with E-state index in [0.29, 0.717) is 6.54 Å². The molecule has 0 aliphatic carbocycles. The number of Topliss-reactive ketones (excluding diaryl/α,β-unsaturated/α-hetero) is 1. The summed E-state index contributed by atoms with van der Waals surface area (Å²) >= 11 is 0. The number of ketones is 1. The van der Waals surface area contributed by atoms with Gasteiger partial charge in [0, 0.05) is 12.5 Å². The van der Waals surface area contributed by atoms with Gasteiger partial charge in [0.25, 0.3) is 0 Å². The number of hydrogen-bond donors (Lipinski definition) is 1. The van der Waals surface area contributed by atoms with Crippen LogP contribution in [0.5, 0.6) is 0 Å². The summed E-state index contributed by atoms with van der Waals surface area (Å²) in [5.41, 5.74) is -0.498. The Hall–Kier alpha value is -1.06. The molecule has 0 aromatic heterocycles. The van der Waals surface area contributed by atoms with Crippen LogP contribution in [0.2, 0.25) is 0 Å². The van der Waals surface area contributed by atoms with Crippen molar-refractivity contribution < 1.29 is 14.3 Å². The minimum Gasteiger partial charge on any atom is -0.444 e. The van der Waals surface area contributed by atoms with E-state index in [9.17, 15) is 9.59 Å². The van der Waals surface area contributed by atoms with Crippen LogP contribution in [-0.2, 0) is 9.53 Å². The second kappa shape index (κ2) is 5.73. The van der Waals surface area contributed by atoms with Gasteiger partial charge in [-0.2, -0.15) is 0 Å². The van der Waals surface area contributed by atoms with Crippen LogP contribution < -0.4 is 5.32 Å². The molecule has 0 bridgehead atoms. The average Bonchev–Trinajstić information content (AvgIpc) is 2.01. The summed E-state index contributed by atoms with van der Waals surface area (Å²) in [6, 6.07) is 0. The zero-order valence-corrected chi connectivity index (χ0v) is 10.2. The van der Waals surface area contributed by atoms with Crippen LogP contribution >= 0.6 is 0 Å². The van der Waals surface area contributed by atoms with Gasteiger partial charge in [-0.1, -0.05) is 6.92 Å². The van der Waals surface area contributed by atoms with Crippen molar-refractivity contribution in [3.8, 4) is 0 Å². The maximum absolute atomic E-state index is 11.3. The molecule has 0 saturated carbocycles. The molecule has 1 N–H and O–H groups in total. The molecule has 0 aromatic carbocycles. The topological polar surface area (TPSA) is 55.4 Å². The van der Waals surface area contributed by atoms with E-state index in [0.717, 1.165) is 6.42 Å². The second-order valence-corrected chi connectivity index (χ2v) is 4.60. The van der Waals surface area contributed by atoms with E-state index in [-0.39, 0.29) is 11.7 Å². The standard InChI is InChI=1S/C11H21NO3/c1-6-9(8(2)13)7-12-10(14)15-11(3,4)5/h9H,6-7H2,1-5H3,(H,12,14). The number of carbonyl (C=O) groups excluding carboxylic acids is 2. The summed E-state index contributed by atoms with van der Waals surface area (Å²) < 4.78 is 5.05. The number of carbonyl (C=O) groups is 2. The molecule has 1 atom stereocenters. The lowest BCUT2D eigenvalue weighted by Gasteiger charge is -2.20. The molecule has 0 saturated heterocycles. The van der Waals surface area contributed by atoms with Gasteiger partial charge >= 0.3 is 6.09 Å². The summed E-state index contributed by atoms with van der Waals surface area (Å²) in [5, 5.41) is 2.59. The van der Waals surface area contributed by atoms with E-state index >= 15 is 0 Å². The molecular weight excluding hydrogens is 194 g/mol. The van der Waals surface area contributed by atoms with Crippen molar-refractivity contribution in [2.75, 3.05) is 6.54 Å². The monoisotopic (exact) mass is 215 g/mol. The molecule has 0 aliphatic rings. The molecule has 0 rings (SSSR count). The van der Waals surface area contributed by atoms with Crippen molar-refractivity contribution in [2.24, 2.45) is 5.92 Å².